The van der Waals surface area contributed by atoms with Crippen molar-refractivity contribution in [3.8, 4) is 44.5 Å². The topological polar surface area (TPSA) is 71.5 Å². The van der Waals surface area contributed by atoms with Gasteiger partial charge in [-0.1, -0.05) is 59.1 Å². The van der Waals surface area contributed by atoms with Gasteiger partial charge in [0, 0.05) is 50.0 Å². The number of hydrogen-bond acceptors (Lipinski definition) is 4. The Labute approximate surface area is 283 Å². The Morgan fingerprint density at radius 2 is 0.938 bits per heavy atom. The van der Waals surface area contributed by atoms with E-state index >= 15 is 0 Å². The number of nitrogens with one attached hydrogen (secondary N) is 1. The van der Waals surface area contributed by atoms with Crippen molar-refractivity contribution in [2.24, 2.45) is 0 Å². The Kier molecular flexibility index (Phi) is 10.2. The van der Waals surface area contributed by atoms with Crippen molar-refractivity contribution in [3.63, 3.8) is 0 Å². The third-order valence-electron chi connectivity index (χ3n) is 7.09. The van der Waals surface area contributed by atoms with Gasteiger partial charge in [-0.15, -0.1) is 5.10 Å². The van der Waals surface area contributed by atoms with E-state index < -0.39 is 40.5 Å². The van der Waals surface area contributed by atoms with Gasteiger partial charge < -0.3 is 0 Å². The highest BCUT2D eigenvalue weighted by atomic mass is 35.5. The molecular formula is C34H19Cl3F6N4O. The number of rotatable bonds is 4. The van der Waals surface area contributed by atoms with E-state index in [2.05, 4.69) is 20.4 Å². The fourth-order valence-corrected chi connectivity index (χ4v) is 5.40. The summed E-state index contributed by atoms with van der Waals surface area (Å²) in [6.45, 7) is 3.27. The maximum Gasteiger partial charge on any atom is 0.272 e. The third-order valence-corrected chi connectivity index (χ3v) is 7.86. The highest BCUT2D eigenvalue weighted by Crippen LogP contribution is 2.40. The first-order valence-corrected chi connectivity index (χ1v) is 14.8. The molecule has 244 valence electrons. The molecule has 0 bridgehead atoms. The number of H-pyrrole nitrogens is 1. The summed E-state index contributed by atoms with van der Waals surface area (Å²) in [6.07, 6.45) is 0. The van der Waals surface area contributed by atoms with E-state index in [0.29, 0.717) is 61.9 Å². The highest BCUT2D eigenvalue weighted by molar-refractivity contribution is 6.33. The molecule has 14 heteroatoms. The summed E-state index contributed by atoms with van der Waals surface area (Å²) in [5.41, 5.74) is 1.61. The van der Waals surface area contributed by atoms with Crippen molar-refractivity contribution in [3.05, 3.63) is 145 Å². The van der Waals surface area contributed by atoms with Crippen molar-refractivity contribution in [1.29, 1.82) is 0 Å². The van der Waals surface area contributed by atoms with Gasteiger partial charge in [0.05, 0.1) is 17.0 Å². The van der Waals surface area contributed by atoms with Gasteiger partial charge in [-0.2, -0.15) is 10.2 Å². The Hall–Kier alpha value is -4.71. The number of aromatic nitrogens is 4. The van der Waals surface area contributed by atoms with E-state index in [0.717, 1.165) is 6.07 Å². The predicted molar refractivity (Wildman–Crippen MR) is 173 cm³/mol. The number of hydrogen-bond donors (Lipinski definition) is 1. The van der Waals surface area contributed by atoms with E-state index in [9.17, 15) is 31.1 Å². The molecule has 6 aromatic rings. The van der Waals surface area contributed by atoms with Crippen LogP contribution in [0.1, 0.15) is 11.4 Å². The first-order valence-electron chi connectivity index (χ1n) is 13.7. The molecule has 0 aliphatic heterocycles. The molecule has 1 N–H and O–H groups in total. The third kappa shape index (κ3) is 7.08. The maximum absolute atomic E-state index is 14.3. The minimum absolute atomic E-state index is 0.115. The monoisotopic (exact) mass is 718 g/mol. The first kappa shape index (κ1) is 34.6. The molecule has 0 fully saturated rings. The molecule has 0 saturated heterocycles. The molecule has 0 unspecified atom stereocenters. The molecule has 4 aromatic carbocycles. The number of aromatic amines is 1. The van der Waals surface area contributed by atoms with Crippen LogP contribution >= 0.6 is 34.8 Å². The van der Waals surface area contributed by atoms with Gasteiger partial charge in [-0.05, 0) is 61.4 Å². The normalized spacial score (nSPS) is 10.9. The van der Waals surface area contributed by atoms with E-state index in [1.165, 1.54) is 0 Å². The van der Waals surface area contributed by atoms with Crippen molar-refractivity contribution < 1.29 is 26.3 Å². The molecule has 0 aliphatic carbocycles. The van der Waals surface area contributed by atoms with Crippen molar-refractivity contribution in [2.45, 2.75) is 13.8 Å². The number of aryl methyl sites for hydroxylation is 2. The fraction of sp³-hybridized carbons (Fsp3) is 0.0588. The van der Waals surface area contributed by atoms with E-state index in [1.807, 2.05) is 0 Å². The molecular weight excluding hydrogens is 701 g/mol. The summed E-state index contributed by atoms with van der Waals surface area (Å²) in [7, 11) is 0. The molecule has 5 nitrogen and oxygen atoms in total. The largest absolute Gasteiger partial charge is 0.272 e. The van der Waals surface area contributed by atoms with Crippen LogP contribution in [0.3, 0.4) is 0 Å². The van der Waals surface area contributed by atoms with E-state index in [-0.39, 0.29) is 27.4 Å². The van der Waals surface area contributed by atoms with Gasteiger partial charge in [0.2, 0.25) is 0 Å². The summed E-state index contributed by atoms with van der Waals surface area (Å²) in [6, 6.07) is 15.5. The minimum atomic E-state index is -1.33. The molecule has 0 spiro atoms. The Morgan fingerprint density at radius 3 is 1.42 bits per heavy atom. The number of benzene rings is 4. The van der Waals surface area contributed by atoms with Crippen LogP contribution in [0, 0.1) is 48.8 Å². The standard InChI is InChI=1S/C17H9Cl2F3N2.C17H10ClF3N2O/c1-8-15(9-2-4-10(18)5-3-9)16(17(19)24-23-8)11-6-13(21)14(22)7-12(11)20;1-8-15(9-2-4-10(18)5-3-9)16(17(24)23-22-8)11-6-13(20)14(21)7-12(11)19/h2-7H,1H3;2-7H,1H3,(H,23,24). The smallest absolute Gasteiger partial charge is 0.267 e. The molecule has 0 atom stereocenters. The maximum atomic E-state index is 14.3. The quantitative estimate of drug-likeness (QED) is 0.145. The summed E-state index contributed by atoms with van der Waals surface area (Å²) in [5.74, 6) is -7.02. The minimum Gasteiger partial charge on any atom is -0.267 e. The lowest BCUT2D eigenvalue weighted by atomic mass is 9.94. The van der Waals surface area contributed by atoms with Crippen LogP contribution in [0.2, 0.25) is 15.2 Å². The van der Waals surface area contributed by atoms with Gasteiger partial charge in [-0.25, -0.2) is 31.4 Å². The van der Waals surface area contributed by atoms with Gasteiger partial charge in [0.15, 0.2) is 28.4 Å². The predicted octanol–water partition coefficient (Wildman–Crippen LogP) is 10.3. The summed E-state index contributed by atoms with van der Waals surface area (Å²) < 4.78 is 82.1. The van der Waals surface area contributed by atoms with Gasteiger partial charge in [-0.3, -0.25) is 4.79 Å². The summed E-state index contributed by atoms with van der Waals surface area (Å²) in [4.78, 5) is 12.3. The molecule has 0 amide bonds. The molecule has 6 rings (SSSR count). The molecule has 2 aromatic heterocycles. The fourth-order valence-electron chi connectivity index (χ4n) is 4.91. The Bertz CT molecular complexity index is 2230. The molecule has 0 aliphatic rings. The lowest BCUT2D eigenvalue weighted by Crippen LogP contribution is -2.15. The molecule has 2 heterocycles. The van der Waals surface area contributed by atoms with Crippen molar-refractivity contribution >= 4 is 34.8 Å². The average molecular weight is 720 g/mol. The Morgan fingerprint density at radius 1 is 0.521 bits per heavy atom. The van der Waals surface area contributed by atoms with Crippen LogP contribution in [-0.2, 0) is 0 Å². The molecule has 0 saturated carbocycles. The van der Waals surface area contributed by atoms with Gasteiger partial charge in [0.1, 0.15) is 11.6 Å². The highest BCUT2D eigenvalue weighted by Gasteiger charge is 2.23. The zero-order valence-electron chi connectivity index (χ0n) is 24.6. The van der Waals surface area contributed by atoms with Crippen LogP contribution in [0.5, 0.6) is 0 Å². The second-order valence-electron chi connectivity index (χ2n) is 10.2. The second kappa shape index (κ2) is 14.2. The second-order valence-corrected chi connectivity index (χ2v) is 11.5. The van der Waals surface area contributed by atoms with Crippen LogP contribution < -0.4 is 5.56 Å². The molecule has 0 radical (unpaired) electrons. The summed E-state index contributed by atoms with van der Waals surface area (Å²) >= 11 is 17.8. The van der Waals surface area contributed by atoms with Crippen LogP contribution in [0.15, 0.2) is 77.6 Å². The summed E-state index contributed by atoms with van der Waals surface area (Å²) in [5, 5.41) is 14.7. The lowest BCUT2D eigenvalue weighted by molar-refractivity contribution is 0.496. The molecule has 48 heavy (non-hydrogen) atoms. The first-order chi connectivity index (χ1) is 22.8. The lowest BCUT2D eigenvalue weighted by Gasteiger charge is -2.14. The van der Waals surface area contributed by atoms with Crippen molar-refractivity contribution in [2.75, 3.05) is 0 Å². The SMILES string of the molecule is Cc1n[nH]c(=O)c(-c2cc(F)c(F)cc2F)c1-c1ccc(Cl)cc1.Cc1nnc(Cl)c(-c2cc(F)c(F)cc2F)c1-c1ccc(Cl)cc1. The van der Waals surface area contributed by atoms with Crippen LogP contribution in [0.4, 0.5) is 26.3 Å². The number of nitrogens with zero attached hydrogens (tertiary/aromatic N) is 3. The van der Waals surface area contributed by atoms with Crippen LogP contribution in [0.25, 0.3) is 44.5 Å². The zero-order valence-corrected chi connectivity index (χ0v) is 26.8. The number of halogens is 9. The zero-order chi connectivity index (χ0) is 34.9. The van der Waals surface area contributed by atoms with Crippen LogP contribution in [-0.4, -0.2) is 20.4 Å². The van der Waals surface area contributed by atoms with Gasteiger partial charge >= 0.3 is 0 Å². The van der Waals surface area contributed by atoms with Crippen molar-refractivity contribution in [1.82, 2.24) is 20.4 Å². The Balaban J connectivity index is 0.000000188. The van der Waals surface area contributed by atoms with E-state index in [4.69, 9.17) is 34.8 Å². The van der Waals surface area contributed by atoms with E-state index in [1.54, 1.807) is 62.4 Å². The average Bonchev–Trinajstić information content (AvgIpc) is 3.04. The van der Waals surface area contributed by atoms with Gasteiger partial charge in [0.25, 0.3) is 5.56 Å².